The predicted molar refractivity (Wildman–Crippen MR) is 85.7 cm³/mol. The molecule has 0 fully saturated rings. The summed E-state index contributed by atoms with van der Waals surface area (Å²) in [6.45, 7) is 5.39. The van der Waals surface area contributed by atoms with E-state index in [0.717, 1.165) is 0 Å². The van der Waals surface area contributed by atoms with Crippen molar-refractivity contribution >= 4 is 5.97 Å². The van der Waals surface area contributed by atoms with Crippen molar-refractivity contribution in [1.82, 2.24) is 10.6 Å². The average molecular weight is 337 g/mol. The zero-order chi connectivity index (χ0) is 17.2. The van der Waals surface area contributed by atoms with E-state index in [1.165, 1.54) is 0 Å². The smallest absolute Gasteiger partial charge is 0.323 e. The Hall–Kier alpha value is -0.810. The Kier molecular flexibility index (Phi) is 16.9. The van der Waals surface area contributed by atoms with E-state index in [1.54, 1.807) is 7.11 Å². The van der Waals surface area contributed by atoms with Gasteiger partial charge >= 0.3 is 5.97 Å². The molecule has 0 aromatic heterocycles. The molecule has 0 heterocycles. The third-order valence-electron chi connectivity index (χ3n) is 2.77. The van der Waals surface area contributed by atoms with Gasteiger partial charge in [-0.2, -0.15) is 0 Å². The van der Waals surface area contributed by atoms with E-state index in [1.807, 2.05) is 0 Å². The molecular weight excluding hydrogens is 306 g/mol. The fourth-order valence-electron chi connectivity index (χ4n) is 1.56. The van der Waals surface area contributed by atoms with Crippen LogP contribution in [0, 0.1) is 0 Å². The van der Waals surface area contributed by atoms with Crippen molar-refractivity contribution < 1.29 is 28.8 Å². The van der Waals surface area contributed by atoms with Crippen LogP contribution in [0.2, 0.25) is 0 Å². The maximum atomic E-state index is 11.1. The molecule has 0 spiro atoms. The minimum atomic E-state index is -0.934. The summed E-state index contributed by atoms with van der Waals surface area (Å²) in [5.41, 5.74) is 5.34. The van der Waals surface area contributed by atoms with Crippen molar-refractivity contribution in [2.45, 2.75) is 6.04 Å². The Morgan fingerprint density at radius 3 is 2.17 bits per heavy atom. The summed E-state index contributed by atoms with van der Waals surface area (Å²) in [5, 5.41) is 15.1. The summed E-state index contributed by atoms with van der Waals surface area (Å²) in [4.78, 5) is 11.1. The maximum Gasteiger partial charge on any atom is 0.323 e. The van der Waals surface area contributed by atoms with Crippen molar-refractivity contribution in [3.8, 4) is 0 Å². The van der Waals surface area contributed by atoms with Crippen molar-refractivity contribution in [1.29, 1.82) is 0 Å². The number of carboxylic acid groups (broad SMARTS) is 1. The second kappa shape index (κ2) is 17.5. The number of nitrogens with two attached hydrogens (primary N) is 1. The molecular formula is C14H31N3O6. The van der Waals surface area contributed by atoms with Gasteiger partial charge in [-0.05, 0) is 0 Å². The first-order valence-electron chi connectivity index (χ1n) is 7.81. The topological polar surface area (TPSA) is 124 Å². The molecule has 0 saturated carbocycles. The van der Waals surface area contributed by atoms with E-state index < -0.39 is 12.0 Å². The fraction of sp³-hybridized carbons (Fsp3) is 0.929. The van der Waals surface area contributed by atoms with E-state index in [9.17, 15) is 4.79 Å². The summed E-state index contributed by atoms with van der Waals surface area (Å²) in [5.74, 6) is -0.934. The molecule has 0 aliphatic heterocycles. The predicted octanol–water partition coefficient (Wildman–Crippen LogP) is -1.73. The summed E-state index contributed by atoms with van der Waals surface area (Å²) < 4.78 is 20.7. The fourth-order valence-corrected chi connectivity index (χ4v) is 1.56. The van der Waals surface area contributed by atoms with Crippen molar-refractivity contribution in [2.75, 3.05) is 79.5 Å². The van der Waals surface area contributed by atoms with Crippen LogP contribution in [0.25, 0.3) is 0 Å². The summed E-state index contributed by atoms with van der Waals surface area (Å²) in [6.07, 6.45) is 0. The number of carbonyl (C=O) groups is 1. The van der Waals surface area contributed by atoms with Crippen LogP contribution in [-0.4, -0.2) is 96.7 Å². The summed E-state index contributed by atoms with van der Waals surface area (Å²) >= 11 is 0. The van der Waals surface area contributed by atoms with E-state index >= 15 is 0 Å². The number of hydrogen-bond acceptors (Lipinski definition) is 8. The second-order valence-electron chi connectivity index (χ2n) is 4.68. The van der Waals surface area contributed by atoms with Crippen LogP contribution in [-0.2, 0) is 23.7 Å². The van der Waals surface area contributed by atoms with Crippen LogP contribution in [0.4, 0.5) is 0 Å². The SMILES string of the molecule is COCCOCCOCCOCC(NCCNCCN)C(=O)O. The molecule has 0 aliphatic rings. The lowest BCUT2D eigenvalue weighted by Gasteiger charge is -2.15. The Labute approximate surface area is 137 Å². The van der Waals surface area contributed by atoms with Gasteiger partial charge in [0, 0.05) is 33.3 Å². The lowest BCUT2D eigenvalue weighted by Crippen LogP contribution is -2.44. The number of nitrogens with one attached hydrogen (secondary N) is 2. The molecule has 0 bridgehead atoms. The molecule has 9 heteroatoms. The molecule has 23 heavy (non-hydrogen) atoms. The molecule has 0 aromatic carbocycles. The Morgan fingerprint density at radius 1 is 1.00 bits per heavy atom. The molecule has 1 atom stereocenters. The van der Waals surface area contributed by atoms with Gasteiger partial charge in [0.15, 0.2) is 0 Å². The standard InChI is InChI=1S/C14H31N3O6/c1-20-6-7-21-8-9-22-10-11-23-12-13(14(18)19)17-5-4-16-3-2-15/h13,16-17H,2-12,15H2,1H3,(H,18,19). The van der Waals surface area contributed by atoms with Gasteiger partial charge in [0.05, 0.1) is 46.2 Å². The van der Waals surface area contributed by atoms with Gasteiger partial charge in [-0.25, -0.2) is 0 Å². The number of carboxylic acids is 1. The van der Waals surface area contributed by atoms with E-state index in [4.69, 9.17) is 29.8 Å². The monoisotopic (exact) mass is 337 g/mol. The van der Waals surface area contributed by atoms with Gasteiger partial charge < -0.3 is 40.4 Å². The Bertz CT molecular complexity index is 271. The van der Waals surface area contributed by atoms with Crippen LogP contribution in [0.1, 0.15) is 0 Å². The van der Waals surface area contributed by atoms with Gasteiger partial charge in [-0.1, -0.05) is 0 Å². The normalized spacial score (nSPS) is 12.4. The van der Waals surface area contributed by atoms with Gasteiger partial charge in [0.2, 0.25) is 0 Å². The molecule has 5 N–H and O–H groups in total. The van der Waals surface area contributed by atoms with Gasteiger partial charge in [-0.15, -0.1) is 0 Å². The van der Waals surface area contributed by atoms with E-state index in [2.05, 4.69) is 10.6 Å². The maximum absolute atomic E-state index is 11.1. The third-order valence-corrected chi connectivity index (χ3v) is 2.77. The third kappa shape index (κ3) is 15.8. The highest BCUT2D eigenvalue weighted by Gasteiger charge is 2.16. The summed E-state index contributed by atoms with van der Waals surface area (Å²) in [7, 11) is 1.62. The second-order valence-corrected chi connectivity index (χ2v) is 4.68. The van der Waals surface area contributed by atoms with Gasteiger partial charge in [0.1, 0.15) is 6.04 Å². The van der Waals surface area contributed by atoms with E-state index in [-0.39, 0.29) is 6.61 Å². The van der Waals surface area contributed by atoms with Crippen molar-refractivity contribution in [3.63, 3.8) is 0 Å². The molecule has 0 amide bonds. The van der Waals surface area contributed by atoms with Crippen LogP contribution < -0.4 is 16.4 Å². The molecule has 0 aromatic rings. The number of aliphatic carboxylic acids is 1. The molecule has 0 radical (unpaired) electrons. The highest BCUT2D eigenvalue weighted by atomic mass is 16.6. The average Bonchev–Trinajstić information content (AvgIpc) is 2.54. The van der Waals surface area contributed by atoms with Gasteiger partial charge in [0.25, 0.3) is 0 Å². The first-order chi connectivity index (χ1) is 11.2. The van der Waals surface area contributed by atoms with E-state index in [0.29, 0.717) is 65.8 Å². The molecule has 0 aliphatic carbocycles. The quantitative estimate of drug-likeness (QED) is 0.216. The number of ether oxygens (including phenoxy) is 4. The molecule has 0 saturated heterocycles. The highest BCUT2D eigenvalue weighted by molar-refractivity contribution is 5.73. The zero-order valence-electron chi connectivity index (χ0n) is 13.9. The van der Waals surface area contributed by atoms with Crippen LogP contribution in [0.3, 0.4) is 0 Å². The molecule has 0 rings (SSSR count). The van der Waals surface area contributed by atoms with Crippen molar-refractivity contribution in [2.24, 2.45) is 5.73 Å². The first-order valence-corrected chi connectivity index (χ1v) is 7.81. The molecule has 138 valence electrons. The van der Waals surface area contributed by atoms with Crippen LogP contribution >= 0.6 is 0 Å². The Morgan fingerprint density at radius 2 is 1.61 bits per heavy atom. The summed E-state index contributed by atoms with van der Waals surface area (Å²) in [6, 6.07) is -0.730. The Balaban J connectivity index is 3.45. The number of rotatable bonds is 18. The van der Waals surface area contributed by atoms with Crippen LogP contribution in [0.15, 0.2) is 0 Å². The highest BCUT2D eigenvalue weighted by Crippen LogP contribution is 1.88. The largest absolute Gasteiger partial charge is 0.480 e. The molecule has 9 nitrogen and oxygen atoms in total. The minimum absolute atomic E-state index is 0.0971. The lowest BCUT2D eigenvalue weighted by molar-refractivity contribution is -0.141. The lowest BCUT2D eigenvalue weighted by atomic mass is 10.3. The zero-order valence-corrected chi connectivity index (χ0v) is 13.9. The minimum Gasteiger partial charge on any atom is -0.480 e. The molecule has 1 unspecified atom stereocenters. The van der Waals surface area contributed by atoms with Gasteiger partial charge in [-0.3, -0.25) is 4.79 Å². The number of methoxy groups -OCH3 is 1. The van der Waals surface area contributed by atoms with Crippen LogP contribution in [0.5, 0.6) is 0 Å². The first kappa shape index (κ1) is 22.2. The van der Waals surface area contributed by atoms with Crippen molar-refractivity contribution in [3.05, 3.63) is 0 Å². The number of hydrogen-bond donors (Lipinski definition) is 4.